The average molecular weight is 286 g/mol. The van der Waals surface area contributed by atoms with Gasteiger partial charge in [0.15, 0.2) is 5.82 Å². The summed E-state index contributed by atoms with van der Waals surface area (Å²) in [5, 5.41) is 4.03. The highest BCUT2D eigenvalue weighted by Crippen LogP contribution is 2.30. The summed E-state index contributed by atoms with van der Waals surface area (Å²) in [6, 6.07) is 4.49. The molecule has 0 aliphatic carbocycles. The summed E-state index contributed by atoms with van der Waals surface area (Å²) in [5.41, 5.74) is 0.936. The molecule has 2 aromatic rings. The maximum atomic E-state index is 5.37. The molecule has 2 unspecified atom stereocenters. The lowest BCUT2D eigenvalue weighted by Gasteiger charge is -2.24. The molecular weight excluding hydrogens is 264 g/mol. The van der Waals surface area contributed by atoms with Crippen LogP contribution < -0.4 is 4.90 Å². The fourth-order valence-corrected chi connectivity index (χ4v) is 2.71. The van der Waals surface area contributed by atoms with Gasteiger partial charge in [0.1, 0.15) is 5.82 Å². The van der Waals surface area contributed by atoms with Crippen molar-refractivity contribution in [2.75, 3.05) is 11.4 Å². The summed E-state index contributed by atoms with van der Waals surface area (Å²) in [6.07, 6.45) is 3.03. The van der Waals surface area contributed by atoms with E-state index in [1.165, 1.54) is 6.42 Å². The molecule has 0 spiro atoms. The van der Waals surface area contributed by atoms with Gasteiger partial charge in [0.2, 0.25) is 0 Å². The highest BCUT2D eigenvalue weighted by Gasteiger charge is 2.28. The Morgan fingerprint density at radius 2 is 2.14 bits per heavy atom. The molecule has 0 amide bonds. The predicted octanol–water partition coefficient (Wildman–Crippen LogP) is 3.49. The van der Waals surface area contributed by atoms with E-state index in [-0.39, 0.29) is 5.92 Å². The van der Waals surface area contributed by atoms with Gasteiger partial charge < -0.3 is 9.42 Å². The van der Waals surface area contributed by atoms with Crippen molar-refractivity contribution in [1.29, 1.82) is 0 Å². The monoisotopic (exact) mass is 286 g/mol. The molecule has 0 radical (unpaired) electrons. The number of hydrogen-bond acceptors (Lipinski definition) is 5. The summed E-state index contributed by atoms with van der Waals surface area (Å²) in [5.74, 6) is 3.28. The molecule has 1 saturated heterocycles. The Labute approximate surface area is 125 Å². The quantitative estimate of drug-likeness (QED) is 0.864. The molecule has 5 heteroatoms. The van der Waals surface area contributed by atoms with Gasteiger partial charge in [-0.3, -0.25) is 0 Å². The lowest BCUT2D eigenvalue weighted by Crippen LogP contribution is -2.29. The summed E-state index contributed by atoms with van der Waals surface area (Å²) >= 11 is 0. The first kappa shape index (κ1) is 14.0. The highest BCUT2D eigenvalue weighted by molar-refractivity contribution is 5.59. The van der Waals surface area contributed by atoms with E-state index in [0.29, 0.717) is 17.9 Å². The summed E-state index contributed by atoms with van der Waals surface area (Å²) in [7, 11) is 0. The molecule has 2 atom stereocenters. The molecule has 0 bridgehead atoms. The van der Waals surface area contributed by atoms with Crippen molar-refractivity contribution in [3.8, 4) is 11.5 Å². The Morgan fingerprint density at radius 1 is 1.33 bits per heavy atom. The SMILES string of the molecule is CC(C)c1noc(-c2ccnc(N3CCC(C)C3C)c2)n1. The van der Waals surface area contributed by atoms with Crippen LogP contribution in [0.4, 0.5) is 5.82 Å². The summed E-state index contributed by atoms with van der Waals surface area (Å²) in [6.45, 7) is 9.72. The molecule has 0 saturated carbocycles. The van der Waals surface area contributed by atoms with Gasteiger partial charge in [-0.1, -0.05) is 25.9 Å². The van der Waals surface area contributed by atoms with Crippen LogP contribution in [0, 0.1) is 5.92 Å². The number of anilines is 1. The molecule has 1 aliphatic rings. The van der Waals surface area contributed by atoms with Crippen molar-refractivity contribution in [3.05, 3.63) is 24.2 Å². The standard InChI is InChI=1S/C16H22N4O/c1-10(2)15-18-16(21-19-15)13-5-7-17-14(9-13)20-8-6-11(3)12(20)4/h5,7,9-12H,6,8H2,1-4H3. The zero-order valence-corrected chi connectivity index (χ0v) is 13.1. The molecule has 0 N–H and O–H groups in total. The molecular formula is C16H22N4O. The van der Waals surface area contributed by atoms with Gasteiger partial charge in [0.25, 0.3) is 5.89 Å². The van der Waals surface area contributed by atoms with Crippen molar-refractivity contribution in [1.82, 2.24) is 15.1 Å². The summed E-state index contributed by atoms with van der Waals surface area (Å²) < 4.78 is 5.37. The highest BCUT2D eigenvalue weighted by atomic mass is 16.5. The topological polar surface area (TPSA) is 55.1 Å². The molecule has 21 heavy (non-hydrogen) atoms. The Morgan fingerprint density at radius 3 is 2.76 bits per heavy atom. The van der Waals surface area contributed by atoms with E-state index in [1.54, 1.807) is 0 Å². The fraction of sp³-hybridized carbons (Fsp3) is 0.562. The van der Waals surface area contributed by atoms with E-state index >= 15 is 0 Å². The molecule has 3 heterocycles. The van der Waals surface area contributed by atoms with Crippen molar-refractivity contribution in [2.45, 2.75) is 46.1 Å². The van der Waals surface area contributed by atoms with Crippen LogP contribution in [0.5, 0.6) is 0 Å². The maximum absolute atomic E-state index is 5.37. The largest absolute Gasteiger partial charge is 0.354 e. The molecule has 3 rings (SSSR count). The van der Waals surface area contributed by atoms with Gasteiger partial charge in [-0.25, -0.2) is 4.98 Å². The molecule has 1 aliphatic heterocycles. The third kappa shape index (κ3) is 2.64. The number of pyridine rings is 1. The second-order valence-electron chi connectivity index (χ2n) is 6.22. The maximum Gasteiger partial charge on any atom is 0.258 e. The number of aromatic nitrogens is 3. The summed E-state index contributed by atoms with van der Waals surface area (Å²) in [4.78, 5) is 11.3. The molecule has 112 valence electrons. The van der Waals surface area contributed by atoms with Crippen LogP contribution in [0.3, 0.4) is 0 Å². The van der Waals surface area contributed by atoms with Crippen molar-refractivity contribution in [3.63, 3.8) is 0 Å². The van der Waals surface area contributed by atoms with Crippen LogP contribution in [-0.4, -0.2) is 27.7 Å². The lowest BCUT2D eigenvalue weighted by molar-refractivity contribution is 0.419. The first-order chi connectivity index (χ1) is 10.1. The van der Waals surface area contributed by atoms with Crippen LogP contribution in [0.2, 0.25) is 0 Å². The van der Waals surface area contributed by atoms with Gasteiger partial charge in [-0.05, 0) is 31.4 Å². The molecule has 2 aromatic heterocycles. The fourth-order valence-electron chi connectivity index (χ4n) is 2.71. The Bertz CT molecular complexity index is 622. The normalized spacial score (nSPS) is 22.2. The number of rotatable bonds is 3. The predicted molar refractivity (Wildman–Crippen MR) is 82.2 cm³/mol. The van der Waals surface area contributed by atoms with Gasteiger partial charge in [-0.2, -0.15) is 4.98 Å². The first-order valence-electron chi connectivity index (χ1n) is 7.63. The average Bonchev–Trinajstić information content (AvgIpc) is 3.08. The molecule has 5 nitrogen and oxygen atoms in total. The van der Waals surface area contributed by atoms with E-state index in [9.17, 15) is 0 Å². The minimum absolute atomic E-state index is 0.267. The zero-order valence-electron chi connectivity index (χ0n) is 13.1. The Balaban J connectivity index is 1.89. The van der Waals surface area contributed by atoms with Crippen LogP contribution in [0.25, 0.3) is 11.5 Å². The van der Waals surface area contributed by atoms with Crippen LogP contribution in [0.1, 0.15) is 45.9 Å². The third-order valence-corrected chi connectivity index (χ3v) is 4.39. The van der Waals surface area contributed by atoms with Crippen LogP contribution in [-0.2, 0) is 0 Å². The van der Waals surface area contributed by atoms with Crippen molar-refractivity contribution >= 4 is 5.82 Å². The lowest BCUT2D eigenvalue weighted by atomic mass is 10.1. The van der Waals surface area contributed by atoms with E-state index in [2.05, 4.69) is 47.7 Å². The second-order valence-corrected chi connectivity index (χ2v) is 6.22. The molecule has 1 fully saturated rings. The van der Waals surface area contributed by atoms with Crippen molar-refractivity contribution < 1.29 is 4.52 Å². The van der Waals surface area contributed by atoms with Crippen molar-refractivity contribution in [2.24, 2.45) is 5.92 Å². The number of nitrogens with zero attached hydrogens (tertiary/aromatic N) is 4. The van der Waals surface area contributed by atoms with Gasteiger partial charge in [0, 0.05) is 30.3 Å². The van der Waals surface area contributed by atoms with E-state index < -0.39 is 0 Å². The minimum atomic E-state index is 0.267. The zero-order chi connectivity index (χ0) is 15.0. The van der Waals surface area contributed by atoms with E-state index in [0.717, 1.165) is 23.8 Å². The smallest absolute Gasteiger partial charge is 0.258 e. The Hall–Kier alpha value is -1.91. The Kier molecular flexibility index (Phi) is 3.66. The van der Waals surface area contributed by atoms with E-state index in [4.69, 9.17) is 4.52 Å². The molecule has 0 aromatic carbocycles. The van der Waals surface area contributed by atoms with Crippen LogP contribution >= 0.6 is 0 Å². The third-order valence-electron chi connectivity index (χ3n) is 4.39. The van der Waals surface area contributed by atoms with Crippen LogP contribution in [0.15, 0.2) is 22.9 Å². The van der Waals surface area contributed by atoms with Gasteiger partial charge in [0.05, 0.1) is 0 Å². The van der Waals surface area contributed by atoms with Gasteiger partial charge >= 0.3 is 0 Å². The first-order valence-corrected chi connectivity index (χ1v) is 7.63. The minimum Gasteiger partial charge on any atom is -0.354 e. The van der Waals surface area contributed by atoms with Gasteiger partial charge in [-0.15, -0.1) is 0 Å². The number of hydrogen-bond donors (Lipinski definition) is 0. The van der Waals surface area contributed by atoms with E-state index in [1.807, 2.05) is 18.3 Å². The second kappa shape index (κ2) is 5.47.